The summed E-state index contributed by atoms with van der Waals surface area (Å²) in [5.41, 5.74) is 3.44. The molecule has 0 N–H and O–H groups in total. The Morgan fingerprint density at radius 2 is 1.93 bits per heavy atom. The van der Waals surface area contributed by atoms with Gasteiger partial charge in [-0.3, -0.25) is 4.79 Å². The van der Waals surface area contributed by atoms with Crippen LogP contribution in [0.4, 0.5) is 0 Å². The minimum Gasteiger partial charge on any atom is -0.493 e. The van der Waals surface area contributed by atoms with Gasteiger partial charge in [-0.05, 0) is 43.5 Å². The smallest absolute Gasteiger partial charge is 0.276 e. The SMILES string of the molecule is COc1ccc(-c2cc(C(=O)N3CCC[C@@H]3c3cccc(C)c3)no2)cc1OC. The lowest BCUT2D eigenvalue weighted by Gasteiger charge is -2.24. The molecule has 3 aromatic rings. The average molecular weight is 392 g/mol. The Morgan fingerprint density at radius 3 is 2.69 bits per heavy atom. The maximum absolute atomic E-state index is 13.1. The fourth-order valence-electron chi connectivity index (χ4n) is 3.88. The number of methoxy groups -OCH3 is 2. The molecule has 1 aromatic heterocycles. The second-order valence-corrected chi connectivity index (χ2v) is 7.22. The van der Waals surface area contributed by atoms with E-state index in [1.807, 2.05) is 17.0 Å². The van der Waals surface area contributed by atoms with E-state index in [0.717, 1.165) is 24.9 Å². The van der Waals surface area contributed by atoms with E-state index in [-0.39, 0.29) is 11.9 Å². The van der Waals surface area contributed by atoms with Gasteiger partial charge in [-0.2, -0.15) is 0 Å². The first-order chi connectivity index (χ1) is 14.1. The minimum absolute atomic E-state index is 0.0728. The molecule has 2 aromatic carbocycles. The van der Waals surface area contributed by atoms with Gasteiger partial charge in [0, 0.05) is 18.2 Å². The van der Waals surface area contributed by atoms with E-state index in [1.165, 1.54) is 11.1 Å². The Bertz CT molecular complexity index is 1030. The van der Waals surface area contributed by atoms with Crippen molar-refractivity contribution >= 4 is 5.91 Å². The zero-order valence-electron chi connectivity index (χ0n) is 16.8. The summed E-state index contributed by atoms with van der Waals surface area (Å²) < 4.78 is 16.1. The molecule has 150 valence electrons. The Morgan fingerprint density at radius 1 is 1.10 bits per heavy atom. The molecule has 1 aliphatic heterocycles. The predicted octanol–water partition coefficient (Wildman–Crippen LogP) is 4.64. The first-order valence-electron chi connectivity index (χ1n) is 9.67. The average Bonchev–Trinajstić information content (AvgIpc) is 3.42. The number of aryl methyl sites for hydroxylation is 1. The largest absolute Gasteiger partial charge is 0.493 e. The number of rotatable bonds is 5. The third kappa shape index (κ3) is 3.70. The van der Waals surface area contributed by atoms with Crippen molar-refractivity contribution in [2.24, 2.45) is 0 Å². The maximum Gasteiger partial charge on any atom is 0.276 e. The number of nitrogens with zero attached hydrogens (tertiary/aromatic N) is 2. The number of benzene rings is 2. The molecular weight excluding hydrogens is 368 g/mol. The van der Waals surface area contributed by atoms with Gasteiger partial charge in [0.1, 0.15) is 0 Å². The van der Waals surface area contributed by atoms with Gasteiger partial charge in [0.25, 0.3) is 5.91 Å². The third-order valence-corrected chi connectivity index (χ3v) is 5.34. The summed E-state index contributed by atoms with van der Waals surface area (Å²) in [6.45, 7) is 2.79. The van der Waals surface area contributed by atoms with Crippen LogP contribution in [0.5, 0.6) is 11.5 Å². The monoisotopic (exact) mass is 392 g/mol. The first kappa shape index (κ1) is 19.1. The molecule has 0 aliphatic carbocycles. The van der Waals surface area contributed by atoms with Crippen molar-refractivity contribution in [2.75, 3.05) is 20.8 Å². The molecule has 1 fully saturated rings. The number of carbonyl (C=O) groups excluding carboxylic acids is 1. The topological polar surface area (TPSA) is 64.8 Å². The molecule has 0 radical (unpaired) electrons. The molecule has 4 rings (SSSR count). The van der Waals surface area contributed by atoms with E-state index >= 15 is 0 Å². The van der Waals surface area contributed by atoms with E-state index in [0.29, 0.717) is 23.0 Å². The van der Waals surface area contributed by atoms with Gasteiger partial charge >= 0.3 is 0 Å². The fraction of sp³-hybridized carbons (Fsp3) is 0.304. The van der Waals surface area contributed by atoms with Crippen molar-refractivity contribution in [3.8, 4) is 22.8 Å². The van der Waals surface area contributed by atoms with E-state index in [4.69, 9.17) is 14.0 Å². The summed E-state index contributed by atoms with van der Waals surface area (Å²) in [6, 6.07) is 15.6. The van der Waals surface area contributed by atoms with Crippen molar-refractivity contribution in [3.05, 3.63) is 65.4 Å². The lowest BCUT2D eigenvalue weighted by molar-refractivity contribution is 0.0725. The molecule has 2 heterocycles. The summed E-state index contributed by atoms with van der Waals surface area (Å²) in [5.74, 6) is 1.63. The molecule has 6 nitrogen and oxygen atoms in total. The molecule has 0 saturated carbocycles. The number of carbonyl (C=O) groups is 1. The molecule has 6 heteroatoms. The standard InChI is InChI=1S/C23H24N2O4/c1-15-6-4-7-16(12-15)19-8-5-11-25(19)23(26)18-14-21(29-24-18)17-9-10-20(27-2)22(13-17)28-3/h4,6-7,9-10,12-14,19H,5,8,11H2,1-3H3/t19-/m1/s1. The maximum atomic E-state index is 13.1. The highest BCUT2D eigenvalue weighted by Crippen LogP contribution is 2.35. The molecule has 1 saturated heterocycles. The van der Waals surface area contributed by atoms with E-state index < -0.39 is 0 Å². The van der Waals surface area contributed by atoms with Gasteiger partial charge in [0.05, 0.1) is 20.3 Å². The Labute approximate surface area is 170 Å². The molecular formula is C23H24N2O4. The normalized spacial score (nSPS) is 16.1. The molecule has 0 unspecified atom stereocenters. The fourth-order valence-corrected chi connectivity index (χ4v) is 3.88. The van der Waals surface area contributed by atoms with Crippen LogP contribution in [0.15, 0.2) is 53.1 Å². The summed E-state index contributed by atoms with van der Waals surface area (Å²) in [6.07, 6.45) is 1.93. The number of aromatic nitrogens is 1. The molecule has 0 spiro atoms. The number of ether oxygens (including phenoxy) is 2. The van der Waals surface area contributed by atoms with Crippen molar-refractivity contribution in [1.29, 1.82) is 0 Å². The van der Waals surface area contributed by atoms with Crippen LogP contribution < -0.4 is 9.47 Å². The number of hydrogen-bond donors (Lipinski definition) is 0. The summed E-state index contributed by atoms with van der Waals surface area (Å²) in [4.78, 5) is 15.0. The quantitative estimate of drug-likeness (QED) is 0.633. The van der Waals surface area contributed by atoms with Crippen LogP contribution in [0.25, 0.3) is 11.3 Å². The van der Waals surface area contributed by atoms with Crippen molar-refractivity contribution in [3.63, 3.8) is 0 Å². The van der Waals surface area contributed by atoms with Crippen LogP contribution in [0.2, 0.25) is 0 Å². The van der Waals surface area contributed by atoms with E-state index in [9.17, 15) is 4.79 Å². The molecule has 29 heavy (non-hydrogen) atoms. The lowest BCUT2D eigenvalue weighted by Crippen LogP contribution is -2.30. The molecule has 0 bridgehead atoms. The minimum atomic E-state index is -0.107. The Balaban J connectivity index is 1.58. The third-order valence-electron chi connectivity index (χ3n) is 5.34. The van der Waals surface area contributed by atoms with Gasteiger partial charge in [0.2, 0.25) is 0 Å². The highest BCUT2D eigenvalue weighted by atomic mass is 16.5. The van der Waals surface area contributed by atoms with Gasteiger partial charge < -0.3 is 18.9 Å². The van der Waals surface area contributed by atoms with Crippen LogP contribution in [-0.2, 0) is 0 Å². The highest BCUT2D eigenvalue weighted by molar-refractivity contribution is 5.93. The summed E-state index contributed by atoms with van der Waals surface area (Å²) >= 11 is 0. The van der Waals surface area contributed by atoms with Crippen LogP contribution in [0.3, 0.4) is 0 Å². The lowest BCUT2D eigenvalue weighted by atomic mass is 10.0. The number of amides is 1. The number of hydrogen-bond acceptors (Lipinski definition) is 5. The van der Waals surface area contributed by atoms with Crippen LogP contribution in [0, 0.1) is 6.92 Å². The van der Waals surface area contributed by atoms with Crippen molar-refractivity contribution in [1.82, 2.24) is 10.1 Å². The number of likely N-dealkylation sites (tertiary alicyclic amines) is 1. The second kappa shape index (κ2) is 7.99. The van der Waals surface area contributed by atoms with Gasteiger partial charge in [-0.15, -0.1) is 0 Å². The van der Waals surface area contributed by atoms with Crippen molar-refractivity contribution < 1.29 is 18.8 Å². The zero-order valence-corrected chi connectivity index (χ0v) is 16.8. The van der Waals surface area contributed by atoms with Gasteiger partial charge in [-0.1, -0.05) is 35.0 Å². The summed E-state index contributed by atoms with van der Waals surface area (Å²) in [5, 5.41) is 4.04. The van der Waals surface area contributed by atoms with E-state index in [2.05, 4.69) is 30.3 Å². The Hall–Kier alpha value is -3.28. The van der Waals surface area contributed by atoms with Crippen molar-refractivity contribution in [2.45, 2.75) is 25.8 Å². The van der Waals surface area contributed by atoms with Gasteiger partial charge in [-0.25, -0.2) is 0 Å². The Kier molecular flexibility index (Phi) is 5.25. The molecule has 1 amide bonds. The van der Waals surface area contributed by atoms with Gasteiger partial charge in [0.15, 0.2) is 23.0 Å². The molecule has 1 atom stereocenters. The van der Waals surface area contributed by atoms with Crippen LogP contribution in [-0.4, -0.2) is 36.7 Å². The second-order valence-electron chi connectivity index (χ2n) is 7.22. The van der Waals surface area contributed by atoms with Crippen LogP contribution in [0.1, 0.15) is 40.5 Å². The molecule has 1 aliphatic rings. The zero-order chi connectivity index (χ0) is 20.4. The predicted molar refractivity (Wildman–Crippen MR) is 109 cm³/mol. The van der Waals surface area contributed by atoms with E-state index in [1.54, 1.807) is 32.4 Å². The highest BCUT2D eigenvalue weighted by Gasteiger charge is 2.32. The van der Waals surface area contributed by atoms with Crippen LogP contribution >= 0.6 is 0 Å². The first-order valence-corrected chi connectivity index (χ1v) is 9.67. The summed E-state index contributed by atoms with van der Waals surface area (Å²) in [7, 11) is 3.17.